The largest absolute Gasteiger partial charge is 0.494 e. The van der Waals surface area contributed by atoms with E-state index in [-0.39, 0.29) is 0 Å². The van der Waals surface area contributed by atoms with E-state index in [0.717, 1.165) is 25.0 Å². The predicted octanol–water partition coefficient (Wildman–Crippen LogP) is 4.02. The van der Waals surface area contributed by atoms with Crippen LogP contribution in [-0.4, -0.2) is 18.0 Å². The van der Waals surface area contributed by atoms with E-state index in [1.54, 1.807) is 0 Å². The molecule has 0 aromatic heterocycles. The van der Waals surface area contributed by atoms with Crippen LogP contribution in [-0.2, 0) is 0 Å². The summed E-state index contributed by atoms with van der Waals surface area (Å²) in [7, 11) is 0. The highest BCUT2D eigenvalue weighted by Crippen LogP contribution is 2.14. The highest BCUT2D eigenvalue weighted by atomic mass is 16.6. The van der Waals surface area contributed by atoms with Crippen LogP contribution in [0.4, 0.5) is 0 Å². The average molecular weight is 286 g/mol. The number of hydrogen-bond donors (Lipinski definition) is 1. The van der Waals surface area contributed by atoms with E-state index in [1.165, 1.54) is 0 Å². The quantitative estimate of drug-likeness (QED) is 0.559. The van der Waals surface area contributed by atoms with Gasteiger partial charge >= 0.3 is 0 Å². The van der Waals surface area contributed by atoms with Crippen molar-refractivity contribution in [2.75, 3.05) is 6.61 Å². The molecule has 0 heterocycles. The van der Waals surface area contributed by atoms with Gasteiger partial charge in [0.25, 0.3) is 0 Å². The molecule has 0 fully saturated rings. The van der Waals surface area contributed by atoms with Crippen molar-refractivity contribution >= 4 is 0 Å². The van der Waals surface area contributed by atoms with Crippen LogP contribution < -0.4 is 9.47 Å². The molecule has 1 atom stereocenters. The first-order valence-electron chi connectivity index (χ1n) is 7.42. The summed E-state index contributed by atoms with van der Waals surface area (Å²) in [6.45, 7) is 0.708. The average Bonchev–Trinajstić information content (AvgIpc) is 2.53. The number of aliphatic hydroxyl groups is 1. The van der Waals surface area contributed by atoms with Gasteiger partial charge in [0, 0.05) is 6.42 Å². The molecule has 0 saturated carbocycles. The lowest BCUT2D eigenvalue weighted by Gasteiger charge is -2.13. The molecule has 2 aromatic carbocycles. The molecule has 0 radical (unpaired) electrons. The topological polar surface area (TPSA) is 38.7 Å². The SMILES string of the molecule is OC(CCCCCOc1ccccc1)Oc1ccccc1. The smallest absolute Gasteiger partial charge is 0.197 e. The van der Waals surface area contributed by atoms with Gasteiger partial charge in [0.05, 0.1) is 6.61 Å². The Morgan fingerprint density at radius 2 is 1.38 bits per heavy atom. The third kappa shape index (κ3) is 6.32. The Balaban J connectivity index is 1.51. The number of unbranched alkanes of at least 4 members (excludes halogenated alkanes) is 2. The summed E-state index contributed by atoms with van der Waals surface area (Å²) in [5.41, 5.74) is 0. The first-order chi connectivity index (χ1) is 10.3. The van der Waals surface area contributed by atoms with Crippen LogP contribution in [0, 0.1) is 0 Å². The number of ether oxygens (including phenoxy) is 2. The molecule has 0 bridgehead atoms. The normalized spacial score (nSPS) is 11.9. The van der Waals surface area contributed by atoms with E-state index >= 15 is 0 Å². The van der Waals surface area contributed by atoms with Gasteiger partial charge < -0.3 is 14.6 Å². The zero-order valence-corrected chi connectivity index (χ0v) is 12.2. The molecule has 0 aliphatic rings. The fourth-order valence-electron chi connectivity index (χ4n) is 2.02. The Morgan fingerprint density at radius 3 is 2.05 bits per heavy atom. The van der Waals surface area contributed by atoms with Gasteiger partial charge in [-0.25, -0.2) is 0 Å². The van der Waals surface area contributed by atoms with Crippen molar-refractivity contribution in [1.29, 1.82) is 0 Å². The molecular weight excluding hydrogens is 264 g/mol. The van der Waals surface area contributed by atoms with Crippen molar-refractivity contribution in [3.63, 3.8) is 0 Å². The minimum absolute atomic E-state index is 0.639. The molecule has 1 N–H and O–H groups in total. The van der Waals surface area contributed by atoms with Crippen LogP contribution in [0.1, 0.15) is 25.7 Å². The van der Waals surface area contributed by atoms with E-state index in [0.29, 0.717) is 18.8 Å². The zero-order chi connectivity index (χ0) is 14.8. The van der Waals surface area contributed by atoms with Crippen LogP contribution >= 0.6 is 0 Å². The summed E-state index contributed by atoms with van der Waals surface area (Å²) in [6, 6.07) is 19.2. The van der Waals surface area contributed by atoms with Gasteiger partial charge in [-0.1, -0.05) is 36.4 Å². The molecule has 2 rings (SSSR count). The van der Waals surface area contributed by atoms with Crippen molar-refractivity contribution in [2.45, 2.75) is 32.0 Å². The Labute approximate surface area is 126 Å². The summed E-state index contributed by atoms with van der Waals surface area (Å²) in [6.07, 6.45) is 2.82. The van der Waals surface area contributed by atoms with Crippen molar-refractivity contribution < 1.29 is 14.6 Å². The summed E-state index contributed by atoms with van der Waals surface area (Å²) in [5, 5.41) is 9.78. The molecule has 3 nitrogen and oxygen atoms in total. The van der Waals surface area contributed by atoms with Crippen molar-refractivity contribution in [3.05, 3.63) is 60.7 Å². The van der Waals surface area contributed by atoms with Crippen LogP contribution in [0.5, 0.6) is 11.5 Å². The summed E-state index contributed by atoms with van der Waals surface area (Å²) in [4.78, 5) is 0. The number of hydrogen-bond acceptors (Lipinski definition) is 3. The number of para-hydroxylation sites is 2. The minimum Gasteiger partial charge on any atom is -0.494 e. The van der Waals surface area contributed by atoms with Gasteiger partial charge in [0.1, 0.15) is 11.5 Å². The molecule has 0 amide bonds. The van der Waals surface area contributed by atoms with Crippen LogP contribution in [0.15, 0.2) is 60.7 Å². The van der Waals surface area contributed by atoms with Gasteiger partial charge in [-0.2, -0.15) is 0 Å². The number of aliphatic hydroxyl groups excluding tert-OH is 1. The Kier molecular flexibility index (Phi) is 6.62. The maximum Gasteiger partial charge on any atom is 0.197 e. The minimum atomic E-state index is -0.734. The molecule has 21 heavy (non-hydrogen) atoms. The second-order valence-corrected chi connectivity index (χ2v) is 4.90. The van der Waals surface area contributed by atoms with Crippen LogP contribution in [0.25, 0.3) is 0 Å². The second kappa shape index (κ2) is 9.03. The van der Waals surface area contributed by atoms with Gasteiger partial charge in [0.2, 0.25) is 0 Å². The third-order valence-corrected chi connectivity index (χ3v) is 3.12. The van der Waals surface area contributed by atoms with Gasteiger partial charge in [-0.15, -0.1) is 0 Å². The Morgan fingerprint density at radius 1 is 0.762 bits per heavy atom. The van der Waals surface area contributed by atoms with Crippen molar-refractivity contribution in [2.24, 2.45) is 0 Å². The van der Waals surface area contributed by atoms with Crippen molar-refractivity contribution in [1.82, 2.24) is 0 Å². The van der Waals surface area contributed by atoms with Gasteiger partial charge in [-0.05, 0) is 43.5 Å². The molecule has 112 valence electrons. The van der Waals surface area contributed by atoms with E-state index in [9.17, 15) is 5.11 Å². The lowest BCUT2D eigenvalue weighted by Crippen LogP contribution is -2.15. The highest BCUT2D eigenvalue weighted by molar-refractivity contribution is 5.21. The molecule has 2 aromatic rings. The van der Waals surface area contributed by atoms with Crippen molar-refractivity contribution in [3.8, 4) is 11.5 Å². The van der Waals surface area contributed by atoms with Gasteiger partial charge in [0.15, 0.2) is 6.29 Å². The lowest BCUT2D eigenvalue weighted by molar-refractivity contribution is -0.0247. The molecule has 0 spiro atoms. The second-order valence-electron chi connectivity index (χ2n) is 4.90. The third-order valence-electron chi connectivity index (χ3n) is 3.12. The first kappa shape index (κ1) is 15.4. The van der Waals surface area contributed by atoms with Crippen LogP contribution in [0.3, 0.4) is 0 Å². The maximum atomic E-state index is 9.78. The first-order valence-corrected chi connectivity index (χ1v) is 7.42. The van der Waals surface area contributed by atoms with E-state index in [1.807, 2.05) is 60.7 Å². The fourth-order valence-corrected chi connectivity index (χ4v) is 2.02. The van der Waals surface area contributed by atoms with E-state index in [2.05, 4.69) is 0 Å². The monoisotopic (exact) mass is 286 g/mol. The van der Waals surface area contributed by atoms with E-state index < -0.39 is 6.29 Å². The molecule has 3 heteroatoms. The standard InChI is InChI=1S/C18H22O3/c19-18(21-17-12-6-2-7-13-17)14-8-3-9-15-20-16-10-4-1-5-11-16/h1-2,4-7,10-13,18-19H,3,8-9,14-15H2. The number of benzene rings is 2. The summed E-state index contributed by atoms with van der Waals surface area (Å²) >= 11 is 0. The zero-order valence-electron chi connectivity index (χ0n) is 12.2. The Bertz CT molecular complexity index is 484. The fraction of sp³-hybridized carbons (Fsp3) is 0.333. The Hall–Kier alpha value is -2.00. The molecule has 0 aliphatic heterocycles. The highest BCUT2D eigenvalue weighted by Gasteiger charge is 2.05. The molecular formula is C18H22O3. The molecule has 1 unspecified atom stereocenters. The number of rotatable bonds is 9. The molecule has 0 aliphatic carbocycles. The predicted molar refractivity (Wildman–Crippen MR) is 83.5 cm³/mol. The summed E-state index contributed by atoms with van der Waals surface area (Å²) in [5.74, 6) is 1.61. The van der Waals surface area contributed by atoms with E-state index in [4.69, 9.17) is 9.47 Å². The summed E-state index contributed by atoms with van der Waals surface area (Å²) < 4.78 is 11.0. The lowest BCUT2D eigenvalue weighted by atomic mass is 10.2. The maximum absolute atomic E-state index is 9.78. The van der Waals surface area contributed by atoms with Crippen LogP contribution in [0.2, 0.25) is 0 Å². The van der Waals surface area contributed by atoms with Gasteiger partial charge in [-0.3, -0.25) is 0 Å². The molecule has 0 saturated heterocycles.